The number of aromatic carboxylic acids is 1. The Morgan fingerprint density at radius 3 is 2.50 bits per heavy atom. The van der Waals surface area contributed by atoms with Gasteiger partial charge in [-0.25, -0.2) is 4.79 Å². The quantitative estimate of drug-likeness (QED) is 0.495. The average Bonchev–Trinajstić information content (AvgIpc) is 2.48. The number of hydrogen-bond acceptors (Lipinski definition) is 3. The lowest BCUT2D eigenvalue weighted by molar-refractivity contribution is 0.0697. The lowest BCUT2D eigenvalue weighted by atomic mass is 10.1. The maximum absolute atomic E-state index is 10.9. The summed E-state index contributed by atoms with van der Waals surface area (Å²) in [6.45, 7) is 0.306. The molecular weight excluding hydrogens is 256 g/mol. The Bertz CT molecular complexity index is 624. The van der Waals surface area contributed by atoms with Crippen molar-refractivity contribution in [2.45, 2.75) is 6.61 Å². The molecule has 102 valence electrons. The molecule has 0 radical (unpaired) electrons. The third kappa shape index (κ3) is 3.58. The number of carbonyl (C=O) groups is 1. The van der Waals surface area contributed by atoms with Crippen LogP contribution in [-0.4, -0.2) is 16.9 Å². The highest BCUT2D eigenvalue weighted by Crippen LogP contribution is 2.06. The lowest BCUT2D eigenvalue weighted by Crippen LogP contribution is -2.14. The van der Waals surface area contributed by atoms with Gasteiger partial charge >= 0.3 is 5.97 Å². The maximum atomic E-state index is 10.9. The number of amidine groups is 1. The second-order valence-electron chi connectivity index (χ2n) is 4.12. The van der Waals surface area contributed by atoms with Crippen molar-refractivity contribution in [3.05, 3.63) is 71.3 Å². The van der Waals surface area contributed by atoms with E-state index in [1.807, 2.05) is 30.3 Å². The zero-order chi connectivity index (χ0) is 14.4. The highest BCUT2D eigenvalue weighted by atomic mass is 16.6. The van der Waals surface area contributed by atoms with E-state index in [2.05, 4.69) is 5.16 Å². The van der Waals surface area contributed by atoms with Crippen LogP contribution in [0.15, 0.2) is 59.8 Å². The van der Waals surface area contributed by atoms with Gasteiger partial charge in [-0.3, -0.25) is 0 Å². The number of carboxylic acid groups (broad SMARTS) is 1. The van der Waals surface area contributed by atoms with Crippen LogP contribution in [0, 0.1) is 0 Å². The summed E-state index contributed by atoms with van der Waals surface area (Å²) in [6, 6.07) is 15.8. The zero-order valence-electron chi connectivity index (χ0n) is 10.7. The van der Waals surface area contributed by atoms with Gasteiger partial charge in [-0.05, 0) is 17.7 Å². The number of nitrogens with two attached hydrogens (primary N) is 1. The molecule has 0 unspecified atom stereocenters. The zero-order valence-corrected chi connectivity index (χ0v) is 10.7. The molecule has 0 saturated carbocycles. The van der Waals surface area contributed by atoms with Crippen LogP contribution in [-0.2, 0) is 11.4 Å². The van der Waals surface area contributed by atoms with Gasteiger partial charge in [-0.1, -0.05) is 47.6 Å². The Balaban J connectivity index is 2.03. The number of carboxylic acids is 1. The third-order valence-electron chi connectivity index (χ3n) is 2.64. The summed E-state index contributed by atoms with van der Waals surface area (Å²) in [7, 11) is 0. The van der Waals surface area contributed by atoms with Crippen LogP contribution in [0.2, 0.25) is 0 Å². The fraction of sp³-hybridized carbons (Fsp3) is 0.0667. The molecule has 20 heavy (non-hydrogen) atoms. The topological polar surface area (TPSA) is 84.9 Å². The normalized spacial score (nSPS) is 11.1. The first-order chi connectivity index (χ1) is 9.66. The van der Waals surface area contributed by atoms with Crippen LogP contribution < -0.4 is 5.73 Å². The molecule has 2 aromatic rings. The summed E-state index contributed by atoms with van der Waals surface area (Å²) in [4.78, 5) is 16.0. The van der Waals surface area contributed by atoms with Crippen molar-refractivity contribution in [1.82, 2.24) is 0 Å². The van der Waals surface area contributed by atoms with Crippen LogP contribution >= 0.6 is 0 Å². The van der Waals surface area contributed by atoms with Crippen molar-refractivity contribution in [2.75, 3.05) is 0 Å². The first kappa shape index (κ1) is 13.6. The van der Waals surface area contributed by atoms with E-state index in [4.69, 9.17) is 15.7 Å². The van der Waals surface area contributed by atoms with Crippen LogP contribution in [0.25, 0.3) is 0 Å². The number of nitrogens with zero attached hydrogens (tertiary/aromatic N) is 1. The van der Waals surface area contributed by atoms with Crippen molar-refractivity contribution in [3.8, 4) is 0 Å². The standard InChI is InChI=1S/C15H14N2O3/c16-14(12-7-4-8-13(9-12)15(18)19)17-20-10-11-5-2-1-3-6-11/h1-9H,10H2,(H2,16,17)(H,18,19). The van der Waals surface area contributed by atoms with Crippen molar-refractivity contribution >= 4 is 11.8 Å². The third-order valence-corrected chi connectivity index (χ3v) is 2.64. The second-order valence-corrected chi connectivity index (χ2v) is 4.12. The minimum Gasteiger partial charge on any atom is -0.478 e. The van der Waals surface area contributed by atoms with Crippen LogP contribution in [0.1, 0.15) is 21.5 Å². The smallest absolute Gasteiger partial charge is 0.335 e. The van der Waals surface area contributed by atoms with E-state index >= 15 is 0 Å². The van der Waals surface area contributed by atoms with Gasteiger partial charge in [0.25, 0.3) is 0 Å². The molecular formula is C15H14N2O3. The number of rotatable bonds is 5. The molecule has 0 aliphatic carbocycles. The number of hydrogen-bond donors (Lipinski definition) is 2. The molecule has 2 aromatic carbocycles. The summed E-state index contributed by atoms with van der Waals surface area (Å²) in [5.74, 6) is -0.867. The Morgan fingerprint density at radius 1 is 1.10 bits per heavy atom. The van der Waals surface area contributed by atoms with E-state index in [-0.39, 0.29) is 11.4 Å². The fourth-order valence-corrected chi connectivity index (χ4v) is 1.61. The minimum atomic E-state index is -1.01. The Morgan fingerprint density at radius 2 is 1.80 bits per heavy atom. The molecule has 0 spiro atoms. The van der Waals surface area contributed by atoms with Gasteiger partial charge in [0.05, 0.1) is 5.56 Å². The van der Waals surface area contributed by atoms with Gasteiger partial charge < -0.3 is 15.7 Å². The fourth-order valence-electron chi connectivity index (χ4n) is 1.61. The summed E-state index contributed by atoms with van der Waals surface area (Å²) >= 11 is 0. The molecule has 3 N–H and O–H groups in total. The summed E-state index contributed by atoms with van der Waals surface area (Å²) in [6.07, 6.45) is 0. The van der Waals surface area contributed by atoms with E-state index in [9.17, 15) is 4.79 Å². The Kier molecular flexibility index (Phi) is 4.34. The summed E-state index contributed by atoms with van der Waals surface area (Å²) in [5, 5.41) is 12.7. The minimum absolute atomic E-state index is 0.143. The molecule has 0 bridgehead atoms. The first-order valence-electron chi connectivity index (χ1n) is 6.00. The van der Waals surface area contributed by atoms with Crippen molar-refractivity contribution < 1.29 is 14.7 Å². The van der Waals surface area contributed by atoms with Gasteiger partial charge in [0, 0.05) is 5.56 Å². The van der Waals surface area contributed by atoms with E-state index < -0.39 is 5.97 Å². The van der Waals surface area contributed by atoms with Crippen LogP contribution in [0.4, 0.5) is 0 Å². The van der Waals surface area contributed by atoms with Gasteiger partial charge in [0.1, 0.15) is 6.61 Å². The highest BCUT2D eigenvalue weighted by molar-refractivity contribution is 5.99. The SMILES string of the molecule is N/C(=N\OCc1ccccc1)c1cccc(C(=O)O)c1. The van der Waals surface area contributed by atoms with Gasteiger partial charge in [0.15, 0.2) is 5.84 Å². The van der Waals surface area contributed by atoms with Gasteiger partial charge in [-0.15, -0.1) is 0 Å². The molecule has 0 atom stereocenters. The Hall–Kier alpha value is -2.82. The largest absolute Gasteiger partial charge is 0.478 e. The summed E-state index contributed by atoms with van der Waals surface area (Å²) in [5.41, 5.74) is 7.40. The molecule has 0 heterocycles. The predicted octanol–water partition coefficient (Wildman–Crippen LogP) is 2.22. The molecule has 0 amide bonds. The van der Waals surface area contributed by atoms with Crippen LogP contribution in [0.5, 0.6) is 0 Å². The van der Waals surface area contributed by atoms with E-state index in [0.29, 0.717) is 12.2 Å². The second kappa shape index (κ2) is 6.38. The molecule has 0 aliphatic rings. The molecule has 0 fully saturated rings. The maximum Gasteiger partial charge on any atom is 0.335 e. The van der Waals surface area contributed by atoms with Crippen LogP contribution in [0.3, 0.4) is 0 Å². The van der Waals surface area contributed by atoms with E-state index in [0.717, 1.165) is 5.56 Å². The first-order valence-corrected chi connectivity index (χ1v) is 6.00. The summed E-state index contributed by atoms with van der Waals surface area (Å²) < 4.78 is 0. The molecule has 0 aliphatic heterocycles. The molecule has 5 nitrogen and oxygen atoms in total. The van der Waals surface area contributed by atoms with Gasteiger partial charge in [0.2, 0.25) is 0 Å². The van der Waals surface area contributed by atoms with Gasteiger partial charge in [-0.2, -0.15) is 0 Å². The monoisotopic (exact) mass is 270 g/mol. The van der Waals surface area contributed by atoms with Crippen molar-refractivity contribution in [1.29, 1.82) is 0 Å². The number of benzene rings is 2. The van der Waals surface area contributed by atoms with Crippen molar-refractivity contribution in [2.24, 2.45) is 10.9 Å². The van der Waals surface area contributed by atoms with E-state index in [1.54, 1.807) is 12.1 Å². The van der Waals surface area contributed by atoms with E-state index in [1.165, 1.54) is 12.1 Å². The van der Waals surface area contributed by atoms with Crippen molar-refractivity contribution in [3.63, 3.8) is 0 Å². The predicted molar refractivity (Wildman–Crippen MR) is 75.4 cm³/mol. The molecule has 0 aromatic heterocycles. The number of oxime groups is 1. The Labute approximate surface area is 116 Å². The average molecular weight is 270 g/mol. The molecule has 2 rings (SSSR count). The highest BCUT2D eigenvalue weighted by Gasteiger charge is 2.05. The molecule has 0 saturated heterocycles. The molecule has 5 heteroatoms. The lowest BCUT2D eigenvalue weighted by Gasteiger charge is -2.03.